The Morgan fingerprint density at radius 3 is 0.946 bits per heavy atom. The quantitative estimate of drug-likeness (QED) is 0.101. The molecule has 12 rings (SSSR count). The number of halogens is 4. The van der Waals surface area contributed by atoms with Gasteiger partial charge < -0.3 is 9.80 Å². The van der Waals surface area contributed by atoms with Crippen molar-refractivity contribution >= 4 is 66.4 Å². The molecule has 74 heavy (non-hydrogen) atoms. The third-order valence-corrected chi connectivity index (χ3v) is 13.7. The molecule has 0 radical (unpaired) electrons. The van der Waals surface area contributed by atoms with Gasteiger partial charge in [-0.2, -0.15) is 10.5 Å². The number of hydrogen-bond acceptors (Lipinski definition) is 4. The van der Waals surface area contributed by atoms with Crippen LogP contribution in [0.2, 0.25) is 0 Å². The highest BCUT2D eigenvalue weighted by molar-refractivity contribution is 6.28. The molecular weight excluding hydrogens is 925 g/mol. The van der Waals surface area contributed by atoms with Crippen molar-refractivity contribution in [2.24, 2.45) is 0 Å². The van der Waals surface area contributed by atoms with E-state index < -0.39 is 23.3 Å². The maximum absolute atomic E-state index is 15.8. The highest BCUT2D eigenvalue weighted by Crippen LogP contribution is 2.50. The minimum atomic E-state index is -0.434. The van der Waals surface area contributed by atoms with Crippen LogP contribution in [0.4, 0.5) is 51.7 Å². The van der Waals surface area contributed by atoms with E-state index in [9.17, 15) is 10.5 Å². The van der Waals surface area contributed by atoms with Crippen LogP contribution in [0.25, 0.3) is 76.8 Å². The molecule has 0 bridgehead atoms. The fourth-order valence-electron chi connectivity index (χ4n) is 10.3. The predicted molar refractivity (Wildman–Crippen MR) is 291 cm³/mol. The van der Waals surface area contributed by atoms with Crippen molar-refractivity contribution in [2.45, 2.75) is 0 Å². The van der Waals surface area contributed by atoms with Gasteiger partial charge in [0, 0.05) is 55.8 Å². The topological polar surface area (TPSA) is 54.1 Å². The van der Waals surface area contributed by atoms with Crippen LogP contribution in [0.1, 0.15) is 11.1 Å². The van der Waals surface area contributed by atoms with Crippen molar-refractivity contribution in [3.63, 3.8) is 0 Å². The third-order valence-electron chi connectivity index (χ3n) is 13.7. The maximum Gasteiger partial charge on any atom is 0.131 e. The highest BCUT2D eigenvalue weighted by atomic mass is 19.1. The largest absolute Gasteiger partial charge is 0.310 e. The monoisotopic (exact) mass is 962 g/mol. The second kappa shape index (κ2) is 18.6. The van der Waals surface area contributed by atoms with Crippen molar-refractivity contribution < 1.29 is 17.6 Å². The summed E-state index contributed by atoms with van der Waals surface area (Å²) in [6.45, 7) is 0. The van der Waals surface area contributed by atoms with E-state index in [4.69, 9.17) is 0 Å². The predicted octanol–water partition coefficient (Wildman–Crippen LogP) is 18.5. The van der Waals surface area contributed by atoms with Gasteiger partial charge in [-0.15, -0.1) is 0 Å². The van der Waals surface area contributed by atoms with Gasteiger partial charge in [-0.1, -0.05) is 121 Å². The van der Waals surface area contributed by atoms with E-state index in [1.807, 2.05) is 70.5 Å². The first-order valence-electron chi connectivity index (χ1n) is 23.9. The van der Waals surface area contributed by atoms with Gasteiger partial charge in [0.25, 0.3) is 0 Å². The molecule has 0 atom stereocenters. The fourth-order valence-corrected chi connectivity index (χ4v) is 10.3. The molecule has 8 heteroatoms. The Morgan fingerprint density at radius 2 is 0.622 bits per heavy atom. The summed E-state index contributed by atoms with van der Waals surface area (Å²) in [5.41, 5.74) is 8.28. The van der Waals surface area contributed by atoms with Gasteiger partial charge in [0.15, 0.2) is 0 Å². The average Bonchev–Trinajstić information content (AvgIpc) is 3.44. The molecule has 0 aliphatic rings. The Hall–Kier alpha value is -10.0. The normalized spacial score (nSPS) is 11.2. The van der Waals surface area contributed by atoms with Crippen LogP contribution in [0.5, 0.6) is 0 Å². The Kier molecular flexibility index (Phi) is 11.4. The lowest BCUT2D eigenvalue weighted by molar-refractivity contribution is 0.630. The summed E-state index contributed by atoms with van der Waals surface area (Å²) in [6.07, 6.45) is 0. The van der Waals surface area contributed by atoms with E-state index in [1.54, 1.807) is 109 Å². The van der Waals surface area contributed by atoms with Gasteiger partial charge in [0.2, 0.25) is 0 Å². The molecule has 0 N–H and O–H groups in total. The number of hydrogen-bond donors (Lipinski definition) is 0. The summed E-state index contributed by atoms with van der Waals surface area (Å²) in [7, 11) is 0. The van der Waals surface area contributed by atoms with E-state index in [0.717, 1.165) is 43.7 Å². The number of anilines is 6. The first kappa shape index (κ1) is 45.1. The second-order valence-corrected chi connectivity index (χ2v) is 18.0. The van der Waals surface area contributed by atoms with E-state index >= 15 is 17.6 Å². The van der Waals surface area contributed by atoms with Crippen molar-refractivity contribution in [1.82, 2.24) is 0 Å². The Labute approximate surface area is 424 Å². The van der Waals surface area contributed by atoms with Gasteiger partial charge >= 0.3 is 0 Å². The fraction of sp³-hybridized carbons (Fsp3) is 0. The summed E-state index contributed by atoms with van der Waals surface area (Å²) >= 11 is 0. The molecule has 0 aliphatic heterocycles. The summed E-state index contributed by atoms with van der Waals surface area (Å²) in [5, 5.41) is 25.9. The molecule has 0 amide bonds. The molecule has 0 saturated heterocycles. The zero-order chi connectivity index (χ0) is 50.5. The van der Waals surface area contributed by atoms with Crippen LogP contribution in [-0.4, -0.2) is 0 Å². The van der Waals surface area contributed by atoms with Gasteiger partial charge in [-0.25, -0.2) is 17.6 Å². The molecule has 0 heterocycles. The van der Waals surface area contributed by atoms with Crippen molar-refractivity contribution in [2.75, 3.05) is 9.80 Å². The smallest absolute Gasteiger partial charge is 0.131 e. The van der Waals surface area contributed by atoms with E-state index in [2.05, 4.69) is 48.5 Å². The Morgan fingerprint density at radius 1 is 0.297 bits per heavy atom. The molecule has 350 valence electrons. The second-order valence-electron chi connectivity index (χ2n) is 18.0. The first-order valence-corrected chi connectivity index (χ1v) is 23.9. The van der Waals surface area contributed by atoms with Crippen LogP contribution in [0.3, 0.4) is 0 Å². The van der Waals surface area contributed by atoms with Crippen LogP contribution < -0.4 is 9.80 Å². The molecule has 12 aromatic rings. The standard InChI is InChI=1S/C66H38F4N4/c67-59-19-5-1-15-53(59)45-33-46(54-16-2-6-20-60(54)68)36-51(35-45)73(49-13-9-11-41(31-49)39-71)63-29-25-43-24-28-58-64(30-26-44-23-27-57(63)65(43)66(44)58)74(50-14-10-12-42(32-50)40-72)52-37-47(55-17-3-7-21-61(55)69)34-48(38-52)56-18-4-8-22-62(56)70/h1-38H. The number of rotatable bonds is 10. The molecule has 12 aromatic carbocycles. The van der Waals surface area contributed by atoms with E-state index in [-0.39, 0.29) is 0 Å². The minimum Gasteiger partial charge on any atom is -0.310 e. The van der Waals surface area contributed by atoms with E-state index in [0.29, 0.717) is 78.4 Å². The molecule has 0 aliphatic carbocycles. The number of benzene rings is 12. The summed E-state index contributed by atoms with van der Waals surface area (Å²) < 4.78 is 63.2. The molecule has 4 nitrogen and oxygen atoms in total. The zero-order valence-electron chi connectivity index (χ0n) is 39.2. The first-order chi connectivity index (χ1) is 36.2. The average molecular weight is 963 g/mol. The SMILES string of the molecule is N#Cc1cccc(N(c2cc(-c3ccccc3F)cc(-c3ccccc3F)c2)c2ccc3ccc4c(N(c5cccc(C#N)c5)c5cc(-c6ccccc6F)cc(-c6ccccc6F)c5)ccc5ccc2c3c54)c1. The lowest BCUT2D eigenvalue weighted by Gasteiger charge is -2.30. The van der Waals surface area contributed by atoms with Gasteiger partial charge in [0.1, 0.15) is 23.3 Å². The zero-order valence-corrected chi connectivity index (χ0v) is 39.2. The lowest BCUT2D eigenvalue weighted by Crippen LogP contribution is -2.12. The van der Waals surface area contributed by atoms with Gasteiger partial charge in [0.05, 0.1) is 34.6 Å². The van der Waals surface area contributed by atoms with Crippen LogP contribution in [0.15, 0.2) is 231 Å². The molecule has 0 fully saturated rings. The highest BCUT2D eigenvalue weighted by Gasteiger charge is 2.25. The van der Waals surface area contributed by atoms with Gasteiger partial charge in [-0.05, 0) is 153 Å². The summed E-state index contributed by atoms with van der Waals surface area (Å²) in [6, 6.07) is 72.6. The number of nitrogens with zero attached hydrogens (tertiary/aromatic N) is 4. The summed E-state index contributed by atoms with van der Waals surface area (Å²) in [4.78, 5) is 4.06. The van der Waals surface area contributed by atoms with E-state index in [1.165, 1.54) is 24.3 Å². The maximum atomic E-state index is 15.8. The number of nitriles is 2. The molecule has 0 spiro atoms. The molecule has 0 unspecified atom stereocenters. The third kappa shape index (κ3) is 7.98. The van der Waals surface area contributed by atoms with Crippen LogP contribution >= 0.6 is 0 Å². The van der Waals surface area contributed by atoms with Crippen LogP contribution in [-0.2, 0) is 0 Å². The molecule has 0 saturated carbocycles. The van der Waals surface area contributed by atoms with Crippen molar-refractivity contribution in [3.8, 4) is 56.6 Å². The molecular formula is C66H38F4N4. The molecule has 0 aromatic heterocycles. The van der Waals surface area contributed by atoms with Crippen molar-refractivity contribution in [1.29, 1.82) is 10.5 Å². The minimum absolute atomic E-state index is 0.339. The van der Waals surface area contributed by atoms with Crippen LogP contribution in [0, 0.1) is 45.9 Å². The Balaban J connectivity index is 1.13. The van der Waals surface area contributed by atoms with Crippen molar-refractivity contribution in [3.05, 3.63) is 265 Å². The lowest BCUT2D eigenvalue weighted by atomic mass is 9.91. The Bertz CT molecular complexity index is 3860. The summed E-state index contributed by atoms with van der Waals surface area (Å²) in [5.74, 6) is -1.74. The van der Waals surface area contributed by atoms with Gasteiger partial charge in [-0.3, -0.25) is 0 Å².